The topological polar surface area (TPSA) is 46.5 Å². The molecule has 0 saturated carbocycles. The lowest BCUT2D eigenvalue weighted by molar-refractivity contribution is -0.150. The van der Waals surface area contributed by atoms with Crippen LogP contribution in [0.5, 0.6) is 0 Å². The molecule has 1 aromatic carbocycles. The number of hydrogen-bond donors (Lipinski definition) is 1. The largest absolute Gasteiger partial charge is 0.466 e. The zero-order chi connectivity index (χ0) is 12.7. The van der Waals surface area contributed by atoms with Crippen LogP contribution in [0.1, 0.15) is 19.4 Å². The molecule has 0 spiro atoms. The van der Waals surface area contributed by atoms with Gasteiger partial charge in [-0.15, -0.1) is 0 Å². The zero-order valence-electron chi connectivity index (χ0n) is 10.2. The maximum Gasteiger partial charge on any atom is 0.311 e. The average Bonchev–Trinajstić information content (AvgIpc) is 2.36. The Morgan fingerprint density at radius 2 is 2.06 bits per heavy atom. The van der Waals surface area contributed by atoms with E-state index in [2.05, 4.69) is 0 Å². The summed E-state index contributed by atoms with van der Waals surface area (Å²) in [6.07, 6.45) is 2.58. The van der Waals surface area contributed by atoms with Crippen molar-refractivity contribution in [2.24, 2.45) is 5.92 Å². The molecule has 3 nitrogen and oxygen atoms in total. The van der Waals surface area contributed by atoms with Crippen molar-refractivity contribution in [1.82, 2.24) is 0 Å². The molecule has 1 N–H and O–H groups in total. The number of ether oxygens (including phenoxy) is 1. The van der Waals surface area contributed by atoms with Crippen LogP contribution in [0.25, 0.3) is 6.08 Å². The maximum absolute atomic E-state index is 11.4. The van der Waals surface area contributed by atoms with Crippen LogP contribution in [0, 0.1) is 5.92 Å². The fourth-order valence-corrected chi connectivity index (χ4v) is 1.35. The normalized spacial score (nSPS) is 14.5. The number of esters is 1. The molecule has 0 aliphatic heterocycles. The lowest BCUT2D eigenvalue weighted by Crippen LogP contribution is -2.25. The van der Waals surface area contributed by atoms with Crippen LogP contribution in [0.3, 0.4) is 0 Å². The summed E-state index contributed by atoms with van der Waals surface area (Å²) in [5, 5.41) is 9.79. The Morgan fingerprint density at radius 3 is 2.65 bits per heavy atom. The van der Waals surface area contributed by atoms with E-state index in [1.54, 1.807) is 26.0 Å². The van der Waals surface area contributed by atoms with Gasteiger partial charge in [-0.1, -0.05) is 42.5 Å². The predicted molar refractivity (Wildman–Crippen MR) is 67.3 cm³/mol. The smallest absolute Gasteiger partial charge is 0.311 e. The van der Waals surface area contributed by atoms with Crippen molar-refractivity contribution >= 4 is 12.0 Å². The van der Waals surface area contributed by atoms with Crippen molar-refractivity contribution in [3.63, 3.8) is 0 Å². The van der Waals surface area contributed by atoms with Crippen LogP contribution < -0.4 is 0 Å². The summed E-state index contributed by atoms with van der Waals surface area (Å²) in [4.78, 5) is 11.4. The Bertz CT molecular complexity index is 370. The SMILES string of the molecule is CCOC(=O)[C@H](C)[C@@H](O)C=Cc1ccccc1. The fraction of sp³-hybridized carbons (Fsp3) is 0.357. The molecule has 0 aromatic heterocycles. The summed E-state index contributed by atoms with van der Waals surface area (Å²) in [7, 11) is 0. The second-order valence-electron chi connectivity index (χ2n) is 3.80. The van der Waals surface area contributed by atoms with E-state index in [1.807, 2.05) is 30.3 Å². The highest BCUT2D eigenvalue weighted by Crippen LogP contribution is 2.09. The van der Waals surface area contributed by atoms with E-state index in [-0.39, 0.29) is 5.97 Å². The number of benzene rings is 1. The van der Waals surface area contributed by atoms with Gasteiger partial charge in [-0.3, -0.25) is 4.79 Å². The van der Waals surface area contributed by atoms with Gasteiger partial charge in [0.15, 0.2) is 0 Å². The highest BCUT2D eigenvalue weighted by Gasteiger charge is 2.20. The highest BCUT2D eigenvalue weighted by molar-refractivity contribution is 5.73. The van der Waals surface area contributed by atoms with Crippen molar-refractivity contribution < 1.29 is 14.6 Å². The summed E-state index contributed by atoms with van der Waals surface area (Å²) in [6, 6.07) is 9.62. The van der Waals surface area contributed by atoms with Gasteiger partial charge in [-0.2, -0.15) is 0 Å². The first-order valence-electron chi connectivity index (χ1n) is 5.73. The molecule has 0 unspecified atom stereocenters. The van der Waals surface area contributed by atoms with Crippen molar-refractivity contribution in [1.29, 1.82) is 0 Å². The van der Waals surface area contributed by atoms with E-state index in [0.717, 1.165) is 5.56 Å². The first kappa shape index (κ1) is 13.5. The number of hydrogen-bond acceptors (Lipinski definition) is 3. The Morgan fingerprint density at radius 1 is 1.41 bits per heavy atom. The van der Waals surface area contributed by atoms with E-state index >= 15 is 0 Å². The van der Waals surface area contributed by atoms with Gasteiger partial charge in [-0.05, 0) is 19.4 Å². The van der Waals surface area contributed by atoms with Crippen LogP contribution in [0.4, 0.5) is 0 Å². The monoisotopic (exact) mass is 234 g/mol. The predicted octanol–water partition coefficient (Wildman–Crippen LogP) is 2.26. The van der Waals surface area contributed by atoms with Crippen LogP contribution in [-0.4, -0.2) is 23.8 Å². The van der Waals surface area contributed by atoms with Gasteiger partial charge < -0.3 is 9.84 Å². The molecule has 0 fully saturated rings. The molecule has 0 heterocycles. The van der Waals surface area contributed by atoms with Gasteiger partial charge in [0.05, 0.1) is 18.6 Å². The molecular formula is C14H18O3. The summed E-state index contributed by atoms with van der Waals surface area (Å²) in [5.41, 5.74) is 0.989. The summed E-state index contributed by atoms with van der Waals surface area (Å²) >= 11 is 0. The molecule has 3 heteroatoms. The minimum Gasteiger partial charge on any atom is -0.466 e. The van der Waals surface area contributed by atoms with Gasteiger partial charge in [-0.25, -0.2) is 0 Å². The van der Waals surface area contributed by atoms with E-state index in [9.17, 15) is 9.90 Å². The van der Waals surface area contributed by atoms with E-state index in [1.165, 1.54) is 0 Å². The van der Waals surface area contributed by atoms with Gasteiger partial charge in [0, 0.05) is 0 Å². The molecule has 1 rings (SSSR count). The second kappa shape index (κ2) is 6.86. The van der Waals surface area contributed by atoms with Crippen molar-refractivity contribution in [2.75, 3.05) is 6.61 Å². The van der Waals surface area contributed by atoms with Crippen molar-refractivity contribution in [3.05, 3.63) is 42.0 Å². The summed E-state index contributed by atoms with van der Waals surface area (Å²) in [5.74, 6) is -0.923. The highest BCUT2D eigenvalue weighted by atomic mass is 16.5. The maximum atomic E-state index is 11.4. The molecule has 0 bridgehead atoms. The molecule has 0 radical (unpaired) electrons. The second-order valence-corrected chi connectivity index (χ2v) is 3.80. The third kappa shape index (κ3) is 4.41. The third-order valence-electron chi connectivity index (χ3n) is 2.46. The van der Waals surface area contributed by atoms with Crippen LogP contribution in [0.2, 0.25) is 0 Å². The number of carbonyl (C=O) groups excluding carboxylic acids is 1. The first-order chi connectivity index (χ1) is 8.15. The molecular weight excluding hydrogens is 216 g/mol. The standard InChI is InChI=1S/C14H18O3/c1-3-17-14(16)11(2)13(15)10-9-12-7-5-4-6-8-12/h4-11,13,15H,3H2,1-2H3/t11-,13+/m1/s1. The van der Waals surface area contributed by atoms with Gasteiger partial charge in [0.25, 0.3) is 0 Å². The number of rotatable bonds is 5. The first-order valence-corrected chi connectivity index (χ1v) is 5.73. The van der Waals surface area contributed by atoms with Gasteiger partial charge in [0.1, 0.15) is 0 Å². The Hall–Kier alpha value is -1.61. The van der Waals surface area contributed by atoms with Gasteiger partial charge in [0.2, 0.25) is 0 Å². The van der Waals surface area contributed by atoms with E-state index in [0.29, 0.717) is 6.61 Å². The Balaban J connectivity index is 2.57. The molecule has 0 amide bonds. The van der Waals surface area contributed by atoms with Crippen LogP contribution in [0.15, 0.2) is 36.4 Å². The zero-order valence-corrected chi connectivity index (χ0v) is 10.2. The fourth-order valence-electron chi connectivity index (χ4n) is 1.35. The lowest BCUT2D eigenvalue weighted by Gasteiger charge is -2.13. The number of aliphatic hydroxyl groups excluding tert-OH is 1. The molecule has 92 valence electrons. The molecule has 0 aliphatic carbocycles. The van der Waals surface area contributed by atoms with Crippen molar-refractivity contribution in [3.8, 4) is 0 Å². The third-order valence-corrected chi connectivity index (χ3v) is 2.46. The van der Waals surface area contributed by atoms with Crippen molar-refractivity contribution in [2.45, 2.75) is 20.0 Å². The summed E-state index contributed by atoms with van der Waals surface area (Å²) < 4.78 is 4.84. The quantitative estimate of drug-likeness (QED) is 0.795. The Labute approximate surface area is 102 Å². The molecule has 17 heavy (non-hydrogen) atoms. The Kier molecular flexibility index (Phi) is 5.43. The molecule has 1 aromatic rings. The number of aliphatic hydroxyl groups is 1. The van der Waals surface area contributed by atoms with Gasteiger partial charge >= 0.3 is 5.97 Å². The molecule has 0 saturated heterocycles. The van der Waals surface area contributed by atoms with Crippen LogP contribution in [-0.2, 0) is 9.53 Å². The average molecular weight is 234 g/mol. The van der Waals surface area contributed by atoms with E-state index < -0.39 is 12.0 Å². The minimum absolute atomic E-state index is 0.332. The lowest BCUT2D eigenvalue weighted by atomic mass is 10.0. The minimum atomic E-state index is -0.825. The molecule has 0 aliphatic rings. The van der Waals surface area contributed by atoms with E-state index in [4.69, 9.17) is 4.74 Å². The molecule has 2 atom stereocenters. The number of carbonyl (C=O) groups is 1. The summed E-state index contributed by atoms with van der Waals surface area (Å²) in [6.45, 7) is 3.73. The van der Waals surface area contributed by atoms with Crippen LogP contribution >= 0.6 is 0 Å².